The van der Waals surface area contributed by atoms with E-state index >= 15 is 0 Å². The Bertz CT molecular complexity index is 1120. The highest BCUT2D eigenvalue weighted by Gasteiger charge is 2.57. The highest BCUT2D eigenvalue weighted by atomic mass is 28.4. The van der Waals surface area contributed by atoms with Crippen LogP contribution >= 0.6 is 0 Å². The third-order valence-corrected chi connectivity index (χ3v) is 16.8. The number of aliphatic hydroxyl groups excluding tert-OH is 2. The summed E-state index contributed by atoms with van der Waals surface area (Å²) in [6.45, 7) is 16.8. The minimum atomic E-state index is -2.61. The lowest BCUT2D eigenvalue weighted by atomic mass is 9.51. The summed E-state index contributed by atoms with van der Waals surface area (Å²) in [7, 11) is -2.61. The standard InChI is InChI=1S/C36H52O3Si/c1-26-17-18-31-33(38)32(20-23-35(26,31)5)36(6)22-19-28(37)25-27(36)21-24-39-40(34(2,3)4,29-13-9-7-10-14-29)30-15-11-8-12-16-30/h7-16,27-28,31-33,37-38H,1,17-25H2,2-6H3/t27-,28-,31?,32?,33-,35+,36-/m0/s1. The van der Waals surface area contributed by atoms with Gasteiger partial charge in [-0.15, -0.1) is 0 Å². The molecule has 218 valence electrons. The van der Waals surface area contributed by atoms with Gasteiger partial charge in [0.15, 0.2) is 0 Å². The molecular weight excluding hydrogens is 508 g/mol. The zero-order valence-corrected chi connectivity index (χ0v) is 26.5. The van der Waals surface area contributed by atoms with Crippen LogP contribution in [0, 0.1) is 28.6 Å². The van der Waals surface area contributed by atoms with Crippen molar-refractivity contribution in [3.8, 4) is 0 Å². The van der Waals surface area contributed by atoms with Crippen molar-refractivity contribution in [1.29, 1.82) is 0 Å². The van der Waals surface area contributed by atoms with Crippen LogP contribution in [0.3, 0.4) is 0 Å². The Morgan fingerprint density at radius 2 is 1.48 bits per heavy atom. The van der Waals surface area contributed by atoms with Gasteiger partial charge in [-0.1, -0.05) is 107 Å². The summed E-state index contributed by atoms with van der Waals surface area (Å²) in [4.78, 5) is 0. The molecule has 3 fully saturated rings. The number of allylic oxidation sites excluding steroid dienone is 1. The van der Waals surface area contributed by atoms with Crippen LogP contribution < -0.4 is 10.4 Å². The molecule has 0 heterocycles. The summed E-state index contributed by atoms with van der Waals surface area (Å²) in [5, 5.41) is 25.3. The average molecular weight is 561 g/mol. The maximum absolute atomic E-state index is 11.9. The van der Waals surface area contributed by atoms with Crippen LogP contribution in [0.25, 0.3) is 0 Å². The molecule has 7 atom stereocenters. The molecule has 3 saturated carbocycles. The van der Waals surface area contributed by atoms with Gasteiger partial charge in [0.25, 0.3) is 8.32 Å². The van der Waals surface area contributed by atoms with E-state index < -0.39 is 8.32 Å². The molecule has 4 heteroatoms. The van der Waals surface area contributed by atoms with Gasteiger partial charge in [-0.05, 0) is 95.4 Å². The van der Waals surface area contributed by atoms with E-state index in [1.54, 1.807) is 0 Å². The molecule has 0 aromatic heterocycles. The first-order chi connectivity index (χ1) is 18.9. The van der Waals surface area contributed by atoms with Crippen LogP contribution in [-0.2, 0) is 4.43 Å². The molecule has 3 nitrogen and oxygen atoms in total. The molecule has 5 rings (SSSR count). The fourth-order valence-corrected chi connectivity index (χ4v) is 13.8. The maximum atomic E-state index is 11.9. The minimum absolute atomic E-state index is 0.00129. The molecule has 3 aliphatic carbocycles. The molecule has 2 unspecified atom stereocenters. The van der Waals surface area contributed by atoms with E-state index in [4.69, 9.17) is 4.43 Å². The van der Waals surface area contributed by atoms with Gasteiger partial charge in [0, 0.05) is 6.61 Å². The first kappa shape index (κ1) is 29.8. The van der Waals surface area contributed by atoms with Crippen molar-refractivity contribution in [3.63, 3.8) is 0 Å². The summed E-state index contributed by atoms with van der Waals surface area (Å²) >= 11 is 0. The lowest BCUT2D eigenvalue weighted by Crippen LogP contribution is -2.66. The normalized spacial score (nSPS) is 35.0. The van der Waals surface area contributed by atoms with E-state index in [0.717, 1.165) is 51.4 Å². The zero-order valence-electron chi connectivity index (χ0n) is 25.5. The van der Waals surface area contributed by atoms with E-state index in [9.17, 15) is 10.2 Å². The Hall–Kier alpha value is -1.72. The monoisotopic (exact) mass is 560 g/mol. The highest BCUT2D eigenvalue weighted by molar-refractivity contribution is 6.99. The average Bonchev–Trinajstić information content (AvgIpc) is 3.24. The summed E-state index contributed by atoms with van der Waals surface area (Å²) in [6.07, 6.45) is 7.26. The van der Waals surface area contributed by atoms with Gasteiger partial charge in [0.05, 0.1) is 12.2 Å². The smallest absolute Gasteiger partial charge is 0.261 e. The Morgan fingerprint density at radius 3 is 2.05 bits per heavy atom. The summed E-state index contributed by atoms with van der Waals surface area (Å²) < 4.78 is 7.29. The van der Waals surface area contributed by atoms with Crippen molar-refractivity contribution in [2.24, 2.45) is 28.6 Å². The Labute approximate surface area is 244 Å². The Balaban J connectivity index is 1.42. The van der Waals surface area contributed by atoms with Crippen molar-refractivity contribution in [2.75, 3.05) is 6.61 Å². The quantitative estimate of drug-likeness (QED) is 0.287. The first-order valence-corrected chi connectivity index (χ1v) is 17.6. The highest BCUT2D eigenvalue weighted by Crippen LogP contribution is 2.61. The van der Waals surface area contributed by atoms with Gasteiger partial charge in [0.1, 0.15) is 0 Å². The molecule has 2 N–H and O–H groups in total. The predicted octanol–water partition coefficient (Wildman–Crippen LogP) is 6.86. The summed E-state index contributed by atoms with van der Waals surface area (Å²) in [6, 6.07) is 21.7. The number of aliphatic hydroxyl groups is 2. The lowest BCUT2D eigenvalue weighted by molar-refractivity contribution is -0.121. The van der Waals surface area contributed by atoms with Crippen molar-refractivity contribution >= 4 is 18.7 Å². The van der Waals surface area contributed by atoms with E-state index in [1.807, 2.05) is 0 Å². The SMILES string of the molecule is C=C1CCC2[C@H](O)C([C@@]3(C)CC[C@H](O)C[C@@H]3CCO[Si](c3ccccc3)(c3ccccc3)C(C)(C)C)CC[C@]12C. The molecule has 0 saturated heterocycles. The summed E-state index contributed by atoms with van der Waals surface area (Å²) in [5.41, 5.74) is 1.43. The molecule has 2 aromatic carbocycles. The fraction of sp³-hybridized carbons (Fsp3) is 0.611. The second kappa shape index (κ2) is 11.2. The molecule has 0 aliphatic heterocycles. The van der Waals surface area contributed by atoms with E-state index in [0.29, 0.717) is 18.4 Å². The van der Waals surface area contributed by atoms with Crippen molar-refractivity contribution in [3.05, 3.63) is 72.8 Å². The minimum Gasteiger partial charge on any atom is -0.407 e. The van der Waals surface area contributed by atoms with Gasteiger partial charge >= 0.3 is 0 Å². The zero-order chi connectivity index (χ0) is 28.8. The van der Waals surface area contributed by atoms with Crippen molar-refractivity contribution < 1.29 is 14.6 Å². The van der Waals surface area contributed by atoms with Crippen LogP contribution in [-0.4, -0.2) is 37.3 Å². The largest absolute Gasteiger partial charge is 0.407 e. The van der Waals surface area contributed by atoms with Gasteiger partial charge in [-0.3, -0.25) is 0 Å². The molecule has 0 bridgehead atoms. The van der Waals surface area contributed by atoms with Crippen LogP contribution in [0.4, 0.5) is 0 Å². The maximum Gasteiger partial charge on any atom is 0.261 e. The van der Waals surface area contributed by atoms with E-state index in [2.05, 4.69) is 102 Å². The lowest BCUT2D eigenvalue weighted by Gasteiger charge is -2.55. The molecule has 3 aliphatic rings. The van der Waals surface area contributed by atoms with Crippen LogP contribution in [0.15, 0.2) is 72.8 Å². The van der Waals surface area contributed by atoms with Crippen molar-refractivity contribution in [1.82, 2.24) is 0 Å². The number of benzene rings is 2. The molecule has 0 radical (unpaired) electrons. The van der Waals surface area contributed by atoms with E-state index in [1.165, 1.54) is 15.9 Å². The second-order valence-electron chi connectivity index (χ2n) is 14.7. The van der Waals surface area contributed by atoms with Gasteiger partial charge < -0.3 is 14.6 Å². The number of rotatable bonds is 7. The van der Waals surface area contributed by atoms with Gasteiger partial charge in [-0.2, -0.15) is 0 Å². The molecule has 2 aromatic rings. The molecule has 40 heavy (non-hydrogen) atoms. The van der Waals surface area contributed by atoms with Crippen LogP contribution in [0.5, 0.6) is 0 Å². The van der Waals surface area contributed by atoms with Crippen LogP contribution in [0.1, 0.15) is 86.0 Å². The summed E-state index contributed by atoms with van der Waals surface area (Å²) in [5.74, 6) is 0.904. The van der Waals surface area contributed by atoms with E-state index in [-0.39, 0.29) is 34.0 Å². The number of hydrogen-bond acceptors (Lipinski definition) is 3. The third kappa shape index (κ3) is 4.97. The Kier molecular flexibility index (Phi) is 8.31. The van der Waals surface area contributed by atoms with Gasteiger partial charge in [-0.25, -0.2) is 0 Å². The van der Waals surface area contributed by atoms with Gasteiger partial charge in [0.2, 0.25) is 0 Å². The van der Waals surface area contributed by atoms with Crippen molar-refractivity contribution in [2.45, 2.75) is 103 Å². The molecular formula is C36H52O3Si. The third-order valence-electron chi connectivity index (χ3n) is 11.7. The Morgan fingerprint density at radius 1 is 0.875 bits per heavy atom. The van der Waals surface area contributed by atoms with Crippen LogP contribution in [0.2, 0.25) is 5.04 Å². The first-order valence-electron chi connectivity index (χ1n) is 15.7. The second-order valence-corrected chi connectivity index (χ2v) is 19.0. The molecule has 0 amide bonds. The predicted molar refractivity (Wildman–Crippen MR) is 168 cm³/mol. The molecule has 0 spiro atoms. The fourth-order valence-electron chi connectivity index (χ4n) is 9.18. The number of fused-ring (bicyclic) bond motifs is 1. The topological polar surface area (TPSA) is 49.7 Å². The number of hydrogen-bond donors (Lipinski definition) is 2.